The van der Waals surface area contributed by atoms with Gasteiger partial charge >= 0.3 is 0 Å². The van der Waals surface area contributed by atoms with Crippen LogP contribution in [0.1, 0.15) is 11.1 Å². The number of hydrogen-bond acceptors (Lipinski definition) is 4. The van der Waals surface area contributed by atoms with E-state index < -0.39 is 10.0 Å². The largest absolute Gasteiger partial charge is 0.497 e. The van der Waals surface area contributed by atoms with E-state index in [2.05, 4.69) is 11.8 Å². The highest BCUT2D eigenvalue weighted by Gasteiger charge is 2.24. The van der Waals surface area contributed by atoms with Gasteiger partial charge in [-0.1, -0.05) is 29.5 Å². The van der Waals surface area contributed by atoms with Gasteiger partial charge in [0.15, 0.2) is 0 Å². The zero-order valence-electron chi connectivity index (χ0n) is 17.1. The number of methoxy groups -OCH3 is 2. The molecule has 0 atom stereocenters. The lowest BCUT2D eigenvalue weighted by Crippen LogP contribution is -2.31. The maximum Gasteiger partial charge on any atom is 0.265 e. The van der Waals surface area contributed by atoms with Gasteiger partial charge in [0, 0.05) is 5.56 Å². The van der Waals surface area contributed by atoms with Gasteiger partial charge in [-0.05, 0) is 67.6 Å². The van der Waals surface area contributed by atoms with E-state index in [0.29, 0.717) is 11.4 Å². The molecule has 0 saturated carbocycles. The van der Waals surface area contributed by atoms with Crippen LogP contribution in [-0.2, 0) is 10.0 Å². The van der Waals surface area contributed by atoms with Crippen LogP contribution in [0.3, 0.4) is 0 Å². The van der Waals surface area contributed by atoms with E-state index in [9.17, 15) is 8.42 Å². The summed E-state index contributed by atoms with van der Waals surface area (Å²) in [5, 5.41) is 0. The van der Waals surface area contributed by atoms with Crippen LogP contribution in [0.25, 0.3) is 0 Å². The third-order valence-corrected chi connectivity index (χ3v) is 6.30. The molecule has 0 aliphatic rings. The van der Waals surface area contributed by atoms with Gasteiger partial charge in [0.2, 0.25) is 0 Å². The van der Waals surface area contributed by atoms with E-state index in [0.717, 1.165) is 16.9 Å². The number of aryl methyl sites for hydroxylation is 1. The fourth-order valence-corrected chi connectivity index (χ4v) is 4.16. The topological polar surface area (TPSA) is 55.8 Å². The van der Waals surface area contributed by atoms with Crippen LogP contribution in [0.4, 0.5) is 5.69 Å². The summed E-state index contributed by atoms with van der Waals surface area (Å²) in [5.74, 6) is 7.38. The standard InChI is InChI=1S/C24H23NO4S/c1-19-6-16-24(17-7-19)30(26,27)25(21-10-14-23(29-3)15-11-21)18-4-5-20-8-12-22(28-2)13-9-20/h6-17H,18H2,1-3H3. The van der Waals surface area contributed by atoms with Crippen LogP contribution in [0.15, 0.2) is 77.7 Å². The molecule has 5 nitrogen and oxygen atoms in total. The lowest BCUT2D eigenvalue weighted by molar-refractivity contribution is 0.414. The normalized spacial score (nSPS) is 10.6. The molecule has 0 aromatic heterocycles. The molecule has 0 fully saturated rings. The van der Waals surface area contributed by atoms with E-state index in [1.807, 2.05) is 31.2 Å². The second-order valence-corrected chi connectivity index (χ2v) is 8.42. The molecule has 0 N–H and O–H groups in total. The summed E-state index contributed by atoms with van der Waals surface area (Å²) in [6.07, 6.45) is 0. The van der Waals surface area contributed by atoms with E-state index in [4.69, 9.17) is 9.47 Å². The number of benzene rings is 3. The zero-order valence-corrected chi connectivity index (χ0v) is 17.9. The maximum absolute atomic E-state index is 13.3. The molecule has 6 heteroatoms. The Hall–Kier alpha value is -3.43. The first-order valence-electron chi connectivity index (χ1n) is 9.30. The Morgan fingerprint density at radius 3 is 1.87 bits per heavy atom. The first-order valence-corrected chi connectivity index (χ1v) is 10.7. The highest BCUT2D eigenvalue weighted by molar-refractivity contribution is 7.92. The van der Waals surface area contributed by atoms with Crippen LogP contribution < -0.4 is 13.8 Å². The summed E-state index contributed by atoms with van der Waals surface area (Å²) in [6.45, 7) is 1.92. The molecule has 0 saturated heterocycles. The lowest BCUT2D eigenvalue weighted by atomic mass is 10.2. The number of hydrogen-bond donors (Lipinski definition) is 0. The van der Waals surface area contributed by atoms with Crippen LogP contribution in [0.5, 0.6) is 11.5 Å². The Labute approximate surface area is 177 Å². The minimum absolute atomic E-state index is 0.00850. The molecule has 30 heavy (non-hydrogen) atoms. The maximum atomic E-state index is 13.3. The first-order chi connectivity index (χ1) is 14.4. The Balaban J connectivity index is 1.94. The number of rotatable bonds is 6. The quantitative estimate of drug-likeness (QED) is 0.558. The fourth-order valence-electron chi connectivity index (χ4n) is 2.79. The predicted octanol–water partition coefficient (Wildman–Crippen LogP) is 4.26. The molecule has 3 aromatic rings. The van der Waals surface area contributed by atoms with E-state index >= 15 is 0 Å². The van der Waals surface area contributed by atoms with Gasteiger partial charge in [0.25, 0.3) is 10.0 Å². The van der Waals surface area contributed by atoms with Crippen molar-refractivity contribution < 1.29 is 17.9 Å². The van der Waals surface area contributed by atoms with Gasteiger partial charge in [-0.15, -0.1) is 0 Å². The molecule has 0 spiro atoms. The second kappa shape index (κ2) is 9.38. The minimum atomic E-state index is -3.79. The molecule has 154 valence electrons. The van der Waals surface area contributed by atoms with Crippen molar-refractivity contribution in [3.05, 3.63) is 83.9 Å². The Morgan fingerprint density at radius 2 is 1.33 bits per heavy atom. The summed E-state index contributed by atoms with van der Waals surface area (Å²) < 4.78 is 38.3. The average molecular weight is 422 g/mol. The highest BCUT2D eigenvalue weighted by atomic mass is 32.2. The third-order valence-electron chi connectivity index (χ3n) is 4.51. The molecule has 3 aromatic carbocycles. The van der Waals surface area contributed by atoms with Crippen molar-refractivity contribution >= 4 is 15.7 Å². The Morgan fingerprint density at radius 1 is 0.800 bits per heavy atom. The third kappa shape index (κ3) is 4.94. The zero-order chi connectivity index (χ0) is 21.6. The summed E-state index contributed by atoms with van der Waals surface area (Å²) in [4.78, 5) is 0.218. The van der Waals surface area contributed by atoms with Crippen molar-refractivity contribution in [3.8, 4) is 23.3 Å². The van der Waals surface area contributed by atoms with Crippen LogP contribution in [0, 0.1) is 18.8 Å². The van der Waals surface area contributed by atoms with E-state index in [1.54, 1.807) is 62.8 Å². The number of ether oxygens (including phenoxy) is 2. The number of sulfonamides is 1. The molecular weight excluding hydrogens is 398 g/mol. The first kappa shape index (κ1) is 21.3. The molecule has 3 rings (SSSR count). The number of nitrogens with zero attached hydrogens (tertiary/aromatic N) is 1. The molecule has 0 aliphatic carbocycles. The van der Waals surface area contributed by atoms with Crippen molar-refractivity contribution in [2.75, 3.05) is 25.1 Å². The molecule has 0 amide bonds. The molecule has 0 unspecified atom stereocenters. The second-order valence-electron chi connectivity index (χ2n) is 6.55. The van der Waals surface area contributed by atoms with Crippen molar-refractivity contribution in [3.63, 3.8) is 0 Å². The van der Waals surface area contributed by atoms with Crippen molar-refractivity contribution in [2.45, 2.75) is 11.8 Å². The fraction of sp³-hybridized carbons (Fsp3) is 0.167. The van der Waals surface area contributed by atoms with Gasteiger partial charge < -0.3 is 9.47 Å². The van der Waals surface area contributed by atoms with Crippen molar-refractivity contribution in [1.82, 2.24) is 0 Å². The molecule has 0 bridgehead atoms. The summed E-state index contributed by atoms with van der Waals surface area (Å²) >= 11 is 0. The average Bonchev–Trinajstić information content (AvgIpc) is 2.77. The Kier molecular flexibility index (Phi) is 6.65. The van der Waals surface area contributed by atoms with Gasteiger partial charge in [-0.3, -0.25) is 4.31 Å². The monoisotopic (exact) mass is 421 g/mol. The predicted molar refractivity (Wildman–Crippen MR) is 119 cm³/mol. The van der Waals surface area contributed by atoms with Gasteiger partial charge in [0.1, 0.15) is 11.5 Å². The summed E-state index contributed by atoms with van der Waals surface area (Å²) in [7, 11) is -0.619. The molecule has 0 aliphatic heterocycles. The lowest BCUT2D eigenvalue weighted by Gasteiger charge is -2.22. The van der Waals surface area contributed by atoms with Crippen LogP contribution in [0.2, 0.25) is 0 Å². The van der Waals surface area contributed by atoms with Crippen LogP contribution in [-0.4, -0.2) is 29.2 Å². The van der Waals surface area contributed by atoms with Crippen LogP contribution >= 0.6 is 0 Å². The van der Waals surface area contributed by atoms with Crippen molar-refractivity contribution in [2.24, 2.45) is 0 Å². The molecule has 0 heterocycles. The summed E-state index contributed by atoms with van der Waals surface area (Å²) in [5.41, 5.74) is 2.28. The molecular formula is C24H23NO4S. The Bertz CT molecular complexity index is 1140. The highest BCUT2D eigenvalue weighted by Crippen LogP contribution is 2.25. The number of anilines is 1. The molecule has 0 radical (unpaired) electrons. The minimum Gasteiger partial charge on any atom is -0.497 e. The smallest absolute Gasteiger partial charge is 0.265 e. The summed E-state index contributed by atoms with van der Waals surface area (Å²) in [6, 6.07) is 20.9. The van der Waals surface area contributed by atoms with Gasteiger partial charge in [-0.25, -0.2) is 8.42 Å². The van der Waals surface area contributed by atoms with Gasteiger partial charge in [0.05, 0.1) is 31.3 Å². The van der Waals surface area contributed by atoms with E-state index in [-0.39, 0.29) is 11.4 Å². The van der Waals surface area contributed by atoms with Gasteiger partial charge in [-0.2, -0.15) is 0 Å². The SMILES string of the molecule is COc1ccc(C#CCN(c2ccc(OC)cc2)S(=O)(=O)c2ccc(C)cc2)cc1. The van der Waals surface area contributed by atoms with E-state index in [1.165, 1.54) is 4.31 Å². The van der Waals surface area contributed by atoms with Crippen molar-refractivity contribution in [1.29, 1.82) is 0 Å².